The number of aromatic amines is 1. The summed E-state index contributed by atoms with van der Waals surface area (Å²) >= 11 is 0. The molecule has 0 unspecified atom stereocenters. The van der Waals surface area contributed by atoms with E-state index in [2.05, 4.69) is 28.3 Å². The fourth-order valence-electron chi connectivity index (χ4n) is 3.69. The Labute approximate surface area is 178 Å². The zero-order valence-electron chi connectivity index (χ0n) is 17.2. The number of nitrogens with zero attached hydrogens (tertiary/aromatic N) is 4. The van der Waals surface area contributed by atoms with Crippen molar-refractivity contribution in [2.75, 3.05) is 19.1 Å². The Kier molecular flexibility index (Phi) is 4.63. The minimum atomic E-state index is -0.209. The number of nitrogens with one attached hydrogen (secondary N) is 1. The average Bonchev–Trinajstić information content (AvgIpc) is 3.24. The third kappa shape index (κ3) is 3.50. The molecule has 0 aliphatic heterocycles. The third-order valence-corrected chi connectivity index (χ3v) is 5.32. The van der Waals surface area contributed by atoms with Crippen molar-refractivity contribution in [3.63, 3.8) is 0 Å². The van der Waals surface area contributed by atoms with Gasteiger partial charge in [-0.15, -0.1) is 0 Å². The monoisotopic (exact) mass is 411 g/mol. The largest absolute Gasteiger partial charge is 0.497 e. The van der Waals surface area contributed by atoms with E-state index >= 15 is 0 Å². The van der Waals surface area contributed by atoms with Crippen molar-refractivity contribution in [1.29, 1.82) is 0 Å². The van der Waals surface area contributed by atoms with Crippen LogP contribution in [-0.4, -0.2) is 33.9 Å². The summed E-state index contributed by atoms with van der Waals surface area (Å²) in [5, 5.41) is 7.07. The highest BCUT2D eigenvalue weighted by molar-refractivity contribution is 5.84. The molecule has 0 saturated heterocycles. The number of hydrogen-bond donors (Lipinski definition) is 1. The predicted octanol–water partition coefficient (Wildman–Crippen LogP) is 3.91. The molecule has 7 heteroatoms. The lowest BCUT2D eigenvalue weighted by Gasteiger charge is -2.18. The van der Waals surface area contributed by atoms with Crippen LogP contribution >= 0.6 is 0 Å². The number of para-hydroxylation sites is 1. The second-order valence-corrected chi connectivity index (χ2v) is 7.42. The van der Waals surface area contributed by atoms with Gasteiger partial charge in [-0.05, 0) is 46.7 Å². The molecule has 3 aromatic carbocycles. The molecule has 0 bridgehead atoms. The molecule has 7 nitrogen and oxygen atoms in total. The summed E-state index contributed by atoms with van der Waals surface area (Å²) in [4.78, 5) is 22.2. The van der Waals surface area contributed by atoms with Gasteiger partial charge in [0, 0.05) is 13.6 Å². The van der Waals surface area contributed by atoms with Gasteiger partial charge in [-0.1, -0.05) is 36.4 Å². The minimum Gasteiger partial charge on any atom is -0.497 e. The van der Waals surface area contributed by atoms with Gasteiger partial charge >= 0.3 is 0 Å². The number of rotatable bonds is 5. The van der Waals surface area contributed by atoms with Gasteiger partial charge in [-0.2, -0.15) is 10.1 Å². The number of hydrogen-bond acceptors (Lipinski definition) is 5. The first-order valence-corrected chi connectivity index (χ1v) is 9.94. The van der Waals surface area contributed by atoms with Crippen LogP contribution in [0.15, 0.2) is 77.7 Å². The Bertz CT molecular complexity index is 1440. The summed E-state index contributed by atoms with van der Waals surface area (Å²) in [5.41, 5.74) is 2.29. The third-order valence-electron chi connectivity index (χ3n) is 5.32. The number of fused-ring (bicyclic) bond motifs is 2. The van der Waals surface area contributed by atoms with E-state index in [1.165, 1.54) is 0 Å². The SMILES string of the molecule is COc1ccc2cc(CN(C)c3nc4c(cnn4-c4ccccc4)c(=O)[nH]3)ccc2c1. The van der Waals surface area contributed by atoms with E-state index in [0.29, 0.717) is 23.5 Å². The first-order chi connectivity index (χ1) is 15.1. The molecule has 31 heavy (non-hydrogen) atoms. The number of ether oxygens (including phenoxy) is 1. The number of H-pyrrole nitrogens is 1. The van der Waals surface area contributed by atoms with Gasteiger partial charge in [0.25, 0.3) is 5.56 Å². The Morgan fingerprint density at radius 1 is 1.03 bits per heavy atom. The lowest BCUT2D eigenvalue weighted by molar-refractivity contribution is 0.415. The Morgan fingerprint density at radius 2 is 1.81 bits per heavy atom. The van der Waals surface area contributed by atoms with Crippen LogP contribution in [-0.2, 0) is 6.54 Å². The Morgan fingerprint density at radius 3 is 2.61 bits per heavy atom. The van der Waals surface area contributed by atoms with Gasteiger partial charge in [0.1, 0.15) is 11.1 Å². The van der Waals surface area contributed by atoms with E-state index in [1.807, 2.05) is 60.5 Å². The Hall–Kier alpha value is -4.13. The normalized spacial score (nSPS) is 11.2. The van der Waals surface area contributed by atoms with Crippen LogP contribution in [0, 0.1) is 0 Å². The van der Waals surface area contributed by atoms with E-state index < -0.39 is 0 Å². The van der Waals surface area contributed by atoms with Crippen molar-refractivity contribution >= 4 is 27.8 Å². The lowest BCUT2D eigenvalue weighted by Crippen LogP contribution is -2.23. The molecule has 2 aromatic heterocycles. The molecule has 0 radical (unpaired) electrons. The molecule has 0 atom stereocenters. The minimum absolute atomic E-state index is 0.209. The van der Waals surface area contributed by atoms with Crippen molar-refractivity contribution in [2.45, 2.75) is 6.54 Å². The summed E-state index contributed by atoms with van der Waals surface area (Å²) in [6.07, 6.45) is 1.55. The first kappa shape index (κ1) is 18.9. The second-order valence-electron chi connectivity index (χ2n) is 7.42. The van der Waals surface area contributed by atoms with Gasteiger partial charge in [-0.3, -0.25) is 9.78 Å². The van der Waals surface area contributed by atoms with Gasteiger partial charge in [-0.25, -0.2) is 4.68 Å². The van der Waals surface area contributed by atoms with Gasteiger partial charge in [0.15, 0.2) is 5.65 Å². The quantitative estimate of drug-likeness (QED) is 0.475. The van der Waals surface area contributed by atoms with E-state index in [9.17, 15) is 4.79 Å². The zero-order valence-corrected chi connectivity index (χ0v) is 17.2. The molecule has 1 N–H and O–H groups in total. The van der Waals surface area contributed by atoms with Crippen molar-refractivity contribution in [3.8, 4) is 11.4 Å². The van der Waals surface area contributed by atoms with Crippen LogP contribution in [0.4, 0.5) is 5.95 Å². The van der Waals surface area contributed by atoms with Crippen molar-refractivity contribution in [2.24, 2.45) is 0 Å². The first-order valence-electron chi connectivity index (χ1n) is 9.94. The summed E-state index contributed by atoms with van der Waals surface area (Å²) in [6, 6.07) is 22.0. The highest BCUT2D eigenvalue weighted by Gasteiger charge is 2.14. The molecule has 5 aromatic rings. The van der Waals surface area contributed by atoms with E-state index in [-0.39, 0.29) is 5.56 Å². The van der Waals surface area contributed by atoms with Gasteiger partial charge < -0.3 is 9.64 Å². The molecule has 2 heterocycles. The van der Waals surface area contributed by atoms with Crippen LogP contribution in [0.1, 0.15) is 5.56 Å². The molecule has 0 aliphatic rings. The number of anilines is 1. The molecule has 0 spiro atoms. The highest BCUT2D eigenvalue weighted by atomic mass is 16.5. The molecule has 0 amide bonds. The van der Waals surface area contributed by atoms with E-state index in [0.717, 1.165) is 27.8 Å². The standard InChI is InChI=1S/C24H21N5O2/c1-28(15-16-8-9-18-13-20(31-2)11-10-17(18)12-16)24-26-22-21(23(30)27-24)14-25-29(22)19-6-4-3-5-7-19/h3-14H,15H2,1-2H3,(H,26,27,30). The highest BCUT2D eigenvalue weighted by Crippen LogP contribution is 2.23. The van der Waals surface area contributed by atoms with Crippen molar-refractivity contribution in [3.05, 3.63) is 88.8 Å². The maximum Gasteiger partial charge on any atom is 0.263 e. The van der Waals surface area contributed by atoms with Crippen LogP contribution < -0.4 is 15.2 Å². The molecule has 0 aliphatic carbocycles. The maximum absolute atomic E-state index is 12.6. The van der Waals surface area contributed by atoms with Crippen LogP contribution in [0.25, 0.3) is 27.5 Å². The lowest BCUT2D eigenvalue weighted by atomic mass is 10.1. The summed E-state index contributed by atoms with van der Waals surface area (Å²) in [5.74, 6) is 1.33. The predicted molar refractivity (Wildman–Crippen MR) is 122 cm³/mol. The zero-order chi connectivity index (χ0) is 21.4. The average molecular weight is 411 g/mol. The maximum atomic E-state index is 12.6. The van der Waals surface area contributed by atoms with Gasteiger partial charge in [0.2, 0.25) is 5.95 Å². The van der Waals surface area contributed by atoms with Crippen LogP contribution in [0.2, 0.25) is 0 Å². The van der Waals surface area contributed by atoms with Crippen molar-refractivity contribution in [1.82, 2.24) is 19.7 Å². The molecule has 0 fully saturated rings. The number of benzene rings is 3. The van der Waals surface area contributed by atoms with E-state index in [1.54, 1.807) is 18.0 Å². The number of aromatic nitrogens is 4. The van der Waals surface area contributed by atoms with Gasteiger partial charge in [0.05, 0.1) is 19.0 Å². The summed E-state index contributed by atoms with van der Waals surface area (Å²) in [7, 11) is 3.57. The van der Waals surface area contributed by atoms with Crippen molar-refractivity contribution < 1.29 is 4.74 Å². The van der Waals surface area contributed by atoms with Crippen LogP contribution in [0.5, 0.6) is 5.75 Å². The molecular formula is C24H21N5O2. The van der Waals surface area contributed by atoms with Crippen LogP contribution in [0.3, 0.4) is 0 Å². The number of methoxy groups -OCH3 is 1. The fourth-order valence-corrected chi connectivity index (χ4v) is 3.69. The smallest absolute Gasteiger partial charge is 0.263 e. The topological polar surface area (TPSA) is 76.0 Å². The summed E-state index contributed by atoms with van der Waals surface area (Å²) < 4.78 is 6.98. The second kappa shape index (κ2) is 7.60. The van der Waals surface area contributed by atoms with E-state index in [4.69, 9.17) is 9.72 Å². The molecular weight excluding hydrogens is 390 g/mol. The molecule has 5 rings (SSSR count). The molecule has 154 valence electrons. The summed E-state index contributed by atoms with van der Waals surface area (Å²) in [6.45, 7) is 0.593. The fraction of sp³-hybridized carbons (Fsp3) is 0.125. The Balaban J connectivity index is 1.49. The molecule has 0 saturated carbocycles.